The highest BCUT2D eigenvalue weighted by molar-refractivity contribution is 7.87. The van der Waals surface area contributed by atoms with Crippen LogP contribution in [-0.2, 0) is 24.4 Å². The third kappa shape index (κ3) is 5.26. The number of rotatable bonds is 6. The van der Waals surface area contributed by atoms with Crippen molar-refractivity contribution in [2.24, 2.45) is 10.8 Å². The van der Waals surface area contributed by atoms with Crippen molar-refractivity contribution in [1.29, 1.82) is 0 Å². The Bertz CT molecular complexity index is 1460. The van der Waals surface area contributed by atoms with E-state index in [2.05, 4.69) is 0 Å². The molecule has 0 fully saturated rings. The van der Waals surface area contributed by atoms with E-state index in [0.29, 0.717) is 53.9 Å². The van der Waals surface area contributed by atoms with Crippen LogP contribution in [0.2, 0.25) is 0 Å². The summed E-state index contributed by atoms with van der Waals surface area (Å²) >= 11 is 0. The fourth-order valence-corrected chi connectivity index (χ4v) is 6.76. The van der Waals surface area contributed by atoms with Crippen LogP contribution in [0.25, 0.3) is 0 Å². The summed E-state index contributed by atoms with van der Waals surface area (Å²) in [6.45, 7) is 10.2. The molecular weight excluding hydrogens is 516 g/mol. The van der Waals surface area contributed by atoms with Gasteiger partial charge >= 0.3 is 10.1 Å². The van der Waals surface area contributed by atoms with Gasteiger partial charge in [0, 0.05) is 42.7 Å². The predicted octanol–water partition coefficient (Wildman–Crippen LogP) is 6.25. The van der Waals surface area contributed by atoms with E-state index in [1.807, 2.05) is 27.7 Å². The molecule has 1 heterocycles. The Morgan fingerprint density at radius 1 is 0.821 bits per heavy atom. The monoisotopic (exact) mass is 550 g/mol. The van der Waals surface area contributed by atoms with Crippen molar-refractivity contribution in [2.45, 2.75) is 71.1 Å². The van der Waals surface area contributed by atoms with Crippen molar-refractivity contribution in [3.63, 3.8) is 0 Å². The summed E-state index contributed by atoms with van der Waals surface area (Å²) in [6.07, 6.45) is 1.88. The standard InChI is InChI=1S/C31H34O7S/c1-6-36-24-14-19(12-13-23(24)38-39(34,35)20-10-8-7-9-11-20)27-28-21(32)15-30(2,3)17-25(28)37-26-18-31(4,5)16-22(33)29(26)27/h7-14,27H,6,15-18H2,1-5H3. The molecule has 8 heteroatoms. The number of hydrogen-bond acceptors (Lipinski definition) is 7. The molecule has 5 rings (SSSR count). The maximum atomic E-state index is 13.6. The van der Waals surface area contributed by atoms with E-state index in [4.69, 9.17) is 13.7 Å². The van der Waals surface area contributed by atoms with Crippen molar-refractivity contribution < 1.29 is 31.7 Å². The van der Waals surface area contributed by atoms with Crippen molar-refractivity contribution in [3.8, 4) is 11.5 Å². The zero-order valence-corrected chi connectivity index (χ0v) is 23.8. The molecule has 0 saturated carbocycles. The third-order valence-corrected chi connectivity index (χ3v) is 8.66. The van der Waals surface area contributed by atoms with Gasteiger partial charge < -0.3 is 13.7 Å². The van der Waals surface area contributed by atoms with Gasteiger partial charge in [0.15, 0.2) is 23.1 Å². The zero-order chi connectivity index (χ0) is 28.2. The number of ether oxygens (including phenoxy) is 2. The first-order valence-electron chi connectivity index (χ1n) is 13.3. The minimum Gasteiger partial charge on any atom is -0.490 e. The molecule has 0 atom stereocenters. The predicted molar refractivity (Wildman–Crippen MR) is 146 cm³/mol. The van der Waals surface area contributed by atoms with Gasteiger partial charge in [-0.05, 0) is 47.6 Å². The summed E-state index contributed by atoms with van der Waals surface area (Å²) < 4.78 is 43.5. The molecule has 0 radical (unpaired) electrons. The summed E-state index contributed by atoms with van der Waals surface area (Å²) in [6, 6.07) is 12.8. The zero-order valence-electron chi connectivity index (χ0n) is 23.0. The lowest BCUT2D eigenvalue weighted by Gasteiger charge is -2.42. The summed E-state index contributed by atoms with van der Waals surface area (Å²) in [5.41, 5.74) is 1.16. The Morgan fingerprint density at radius 3 is 1.92 bits per heavy atom. The average Bonchev–Trinajstić information content (AvgIpc) is 2.83. The number of Topliss-reactive ketones (excluding diaryl/α,β-unsaturated/α-hetero) is 2. The molecule has 0 spiro atoms. The van der Waals surface area contributed by atoms with Crippen molar-refractivity contribution in [3.05, 3.63) is 76.8 Å². The van der Waals surface area contributed by atoms with Crippen LogP contribution < -0.4 is 8.92 Å². The smallest absolute Gasteiger partial charge is 0.339 e. The van der Waals surface area contributed by atoms with Crippen LogP contribution in [0.4, 0.5) is 0 Å². The van der Waals surface area contributed by atoms with E-state index in [1.165, 1.54) is 18.2 Å². The first-order chi connectivity index (χ1) is 18.3. The molecule has 0 N–H and O–H groups in total. The molecule has 2 aliphatic carbocycles. The Labute approximate surface area is 230 Å². The number of allylic oxidation sites excluding steroid dienone is 4. The van der Waals surface area contributed by atoms with E-state index in [-0.39, 0.29) is 45.4 Å². The van der Waals surface area contributed by atoms with Crippen LogP contribution in [0.1, 0.15) is 71.8 Å². The van der Waals surface area contributed by atoms with E-state index in [1.54, 1.807) is 37.3 Å². The normalized spacial score (nSPS) is 20.7. The highest BCUT2D eigenvalue weighted by Crippen LogP contribution is 2.53. The number of carbonyl (C=O) groups is 2. The molecule has 7 nitrogen and oxygen atoms in total. The lowest BCUT2D eigenvalue weighted by Crippen LogP contribution is -2.37. The van der Waals surface area contributed by atoms with Crippen LogP contribution in [-0.4, -0.2) is 26.6 Å². The molecule has 0 saturated heterocycles. The number of ketones is 2. The Morgan fingerprint density at radius 2 is 1.38 bits per heavy atom. The van der Waals surface area contributed by atoms with E-state index < -0.39 is 16.0 Å². The molecule has 2 aromatic rings. The summed E-state index contributed by atoms with van der Waals surface area (Å²) in [5, 5.41) is 0. The van der Waals surface area contributed by atoms with Crippen molar-refractivity contribution >= 4 is 21.7 Å². The van der Waals surface area contributed by atoms with Crippen LogP contribution in [0.5, 0.6) is 11.5 Å². The fourth-order valence-electron chi connectivity index (χ4n) is 5.80. The van der Waals surface area contributed by atoms with Gasteiger partial charge in [-0.2, -0.15) is 8.42 Å². The fraction of sp³-hybridized carbons (Fsp3) is 0.419. The number of carbonyl (C=O) groups excluding carboxylic acids is 2. The number of hydrogen-bond donors (Lipinski definition) is 0. The van der Waals surface area contributed by atoms with Gasteiger partial charge in [0.25, 0.3) is 0 Å². The second kappa shape index (κ2) is 9.66. The topological polar surface area (TPSA) is 96.0 Å². The molecule has 3 aliphatic rings. The minimum atomic E-state index is -4.10. The Hall–Kier alpha value is -3.39. The Kier molecular flexibility index (Phi) is 6.74. The highest BCUT2D eigenvalue weighted by Gasteiger charge is 2.48. The molecule has 0 unspecified atom stereocenters. The second-order valence-corrected chi connectivity index (χ2v) is 13.6. The quantitative estimate of drug-likeness (QED) is 0.392. The molecular formula is C31H34O7S. The van der Waals surface area contributed by atoms with Gasteiger partial charge in [-0.15, -0.1) is 0 Å². The lowest BCUT2D eigenvalue weighted by atomic mass is 9.65. The second-order valence-electron chi connectivity index (χ2n) is 12.1. The average molecular weight is 551 g/mol. The number of benzene rings is 2. The maximum absolute atomic E-state index is 13.6. The first-order valence-corrected chi connectivity index (χ1v) is 14.7. The van der Waals surface area contributed by atoms with Crippen molar-refractivity contribution in [1.82, 2.24) is 0 Å². The maximum Gasteiger partial charge on any atom is 0.339 e. The van der Waals surface area contributed by atoms with Crippen LogP contribution >= 0.6 is 0 Å². The van der Waals surface area contributed by atoms with Gasteiger partial charge in [-0.1, -0.05) is 52.0 Å². The van der Waals surface area contributed by atoms with Crippen LogP contribution in [0.3, 0.4) is 0 Å². The van der Waals surface area contributed by atoms with Gasteiger partial charge in [0.05, 0.1) is 6.61 Å². The van der Waals surface area contributed by atoms with Gasteiger partial charge in [-0.25, -0.2) is 0 Å². The van der Waals surface area contributed by atoms with Crippen molar-refractivity contribution in [2.75, 3.05) is 6.61 Å². The van der Waals surface area contributed by atoms with Gasteiger partial charge in [0.2, 0.25) is 0 Å². The lowest BCUT2D eigenvalue weighted by molar-refractivity contribution is -0.120. The highest BCUT2D eigenvalue weighted by atomic mass is 32.2. The molecule has 0 bridgehead atoms. The van der Waals surface area contributed by atoms with Crippen LogP contribution in [0.15, 0.2) is 76.1 Å². The van der Waals surface area contributed by atoms with Gasteiger partial charge in [0.1, 0.15) is 16.4 Å². The van der Waals surface area contributed by atoms with Gasteiger partial charge in [-0.3, -0.25) is 9.59 Å². The molecule has 1 aliphatic heterocycles. The molecule has 0 aromatic heterocycles. The van der Waals surface area contributed by atoms with Crippen LogP contribution in [0, 0.1) is 10.8 Å². The molecule has 39 heavy (non-hydrogen) atoms. The SMILES string of the molecule is CCOc1cc(C2C3=C(CC(C)(C)CC3=O)OC3=C2C(=O)CC(C)(C)C3)ccc1OS(=O)(=O)c1ccccc1. The third-order valence-electron chi connectivity index (χ3n) is 7.41. The summed E-state index contributed by atoms with van der Waals surface area (Å²) in [4.78, 5) is 27.1. The first kappa shape index (κ1) is 27.2. The summed E-state index contributed by atoms with van der Waals surface area (Å²) in [7, 11) is -4.10. The molecule has 0 amide bonds. The van der Waals surface area contributed by atoms with E-state index in [0.717, 1.165) is 0 Å². The molecule has 206 valence electrons. The minimum absolute atomic E-state index is 0.0244. The largest absolute Gasteiger partial charge is 0.490 e. The van der Waals surface area contributed by atoms with E-state index >= 15 is 0 Å². The Balaban J connectivity index is 1.62. The van der Waals surface area contributed by atoms with E-state index in [9.17, 15) is 18.0 Å². The summed E-state index contributed by atoms with van der Waals surface area (Å²) in [5.74, 6) is 0.797. The molecule has 2 aromatic carbocycles.